The summed E-state index contributed by atoms with van der Waals surface area (Å²) in [5.41, 5.74) is 0.559. The number of rotatable bonds is 3. The molecule has 0 saturated carbocycles. The number of aliphatic hydroxyl groups is 1. The van der Waals surface area contributed by atoms with Gasteiger partial charge < -0.3 is 14.9 Å². The maximum absolute atomic E-state index is 12.8. The van der Waals surface area contributed by atoms with E-state index in [0.717, 1.165) is 13.1 Å². The van der Waals surface area contributed by atoms with E-state index in [1.807, 2.05) is 18.7 Å². The van der Waals surface area contributed by atoms with Crippen LogP contribution in [-0.2, 0) is 4.79 Å². The zero-order chi connectivity index (χ0) is 18.1. The molecule has 0 spiro atoms. The van der Waals surface area contributed by atoms with E-state index in [9.17, 15) is 14.7 Å². The number of hydrogen-bond donors (Lipinski definition) is 1. The highest BCUT2D eigenvalue weighted by atomic mass is 16.3. The number of amides is 2. The maximum Gasteiger partial charge on any atom is 0.272 e. The topological polar surface area (TPSA) is 81.9 Å². The molecule has 2 aliphatic rings. The Hall–Kier alpha value is -1.93. The molecule has 0 aromatic carbocycles. The van der Waals surface area contributed by atoms with Gasteiger partial charge in [0.05, 0.1) is 12.1 Å². The number of piperazine rings is 1. The van der Waals surface area contributed by atoms with Crippen molar-refractivity contribution in [2.75, 3.05) is 39.3 Å². The zero-order valence-electron chi connectivity index (χ0n) is 15.1. The van der Waals surface area contributed by atoms with Crippen molar-refractivity contribution in [3.63, 3.8) is 0 Å². The number of carbonyl (C=O) groups excluding carboxylic acids is 2. The van der Waals surface area contributed by atoms with Gasteiger partial charge in [0.2, 0.25) is 5.91 Å². The molecule has 138 valence electrons. The highest BCUT2D eigenvalue weighted by molar-refractivity contribution is 5.92. The number of β-amino-alcohol motifs (C(OH)–C–C–N with tert-alkyl or cyclic N) is 1. The summed E-state index contributed by atoms with van der Waals surface area (Å²) in [5.74, 6) is 0.000457. The highest BCUT2D eigenvalue weighted by Crippen LogP contribution is 2.21. The van der Waals surface area contributed by atoms with Crippen LogP contribution in [0.2, 0.25) is 0 Å². The van der Waals surface area contributed by atoms with Gasteiger partial charge in [-0.05, 0) is 19.9 Å². The Bertz CT molecular complexity index is 636. The van der Waals surface area contributed by atoms with Gasteiger partial charge in [0.1, 0.15) is 5.69 Å². The minimum Gasteiger partial charge on any atom is -0.390 e. The molecule has 1 aromatic heterocycles. The lowest BCUT2D eigenvalue weighted by Gasteiger charge is -2.38. The Balaban J connectivity index is 1.64. The van der Waals surface area contributed by atoms with Crippen LogP contribution in [0.25, 0.3) is 0 Å². The summed E-state index contributed by atoms with van der Waals surface area (Å²) < 4.78 is 1.72. The molecular weight excluding hydrogens is 322 g/mol. The van der Waals surface area contributed by atoms with E-state index in [1.54, 1.807) is 28.8 Å². The van der Waals surface area contributed by atoms with Gasteiger partial charge in [0, 0.05) is 58.4 Å². The normalized spacial score (nSPS) is 25.0. The van der Waals surface area contributed by atoms with Gasteiger partial charge in [-0.25, -0.2) is 0 Å². The average Bonchev–Trinajstić information content (AvgIpc) is 3.21. The van der Waals surface area contributed by atoms with E-state index >= 15 is 0 Å². The molecule has 2 saturated heterocycles. The molecule has 3 heterocycles. The first-order valence-corrected chi connectivity index (χ1v) is 8.89. The summed E-state index contributed by atoms with van der Waals surface area (Å²) >= 11 is 0. The fourth-order valence-corrected chi connectivity index (χ4v) is 3.72. The van der Waals surface area contributed by atoms with Gasteiger partial charge in [-0.1, -0.05) is 0 Å². The molecule has 8 nitrogen and oxygen atoms in total. The van der Waals surface area contributed by atoms with Crippen LogP contribution in [0.5, 0.6) is 0 Å². The lowest BCUT2D eigenvalue weighted by molar-refractivity contribution is -0.131. The van der Waals surface area contributed by atoms with Crippen LogP contribution < -0.4 is 0 Å². The lowest BCUT2D eigenvalue weighted by atomic mass is 10.1. The maximum atomic E-state index is 12.8. The van der Waals surface area contributed by atoms with Crippen molar-refractivity contribution in [2.45, 2.75) is 39.0 Å². The molecule has 1 aromatic rings. The van der Waals surface area contributed by atoms with Crippen molar-refractivity contribution >= 4 is 11.8 Å². The van der Waals surface area contributed by atoms with Crippen molar-refractivity contribution in [1.82, 2.24) is 24.5 Å². The molecule has 2 amide bonds. The van der Waals surface area contributed by atoms with Gasteiger partial charge in [-0.3, -0.25) is 19.2 Å². The van der Waals surface area contributed by atoms with Gasteiger partial charge in [-0.15, -0.1) is 0 Å². The highest BCUT2D eigenvalue weighted by Gasteiger charge is 2.39. The minimum absolute atomic E-state index is 0.0755. The molecule has 3 rings (SSSR count). The summed E-state index contributed by atoms with van der Waals surface area (Å²) in [5, 5.41) is 14.7. The quantitative estimate of drug-likeness (QED) is 0.818. The molecule has 0 radical (unpaired) electrons. The van der Waals surface area contributed by atoms with Gasteiger partial charge in [-0.2, -0.15) is 5.10 Å². The van der Waals surface area contributed by atoms with E-state index in [1.165, 1.54) is 0 Å². The first-order valence-electron chi connectivity index (χ1n) is 8.89. The monoisotopic (exact) mass is 349 g/mol. The fraction of sp³-hybridized carbons (Fsp3) is 0.706. The molecule has 25 heavy (non-hydrogen) atoms. The average molecular weight is 349 g/mol. The van der Waals surface area contributed by atoms with E-state index in [0.29, 0.717) is 31.9 Å². The second kappa shape index (κ2) is 7.13. The first kappa shape index (κ1) is 17.9. The number of likely N-dealkylation sites (tertiary alicyclic amines) is 1. The molecule has 0 bridgehead atoms. The second-order valence-electron chi connectivity index (χ2n) is 7.14. The number of carbonyl (C=O) groups is 2. The third-order valence-electron chi connectivity index (χ3n) is 5.15. The lowest BCUT2D eigenvalue weighted by Crippen LogP contribution is -2.54. The van der Waals surface area contributed by atoms with Crippen LogP contribution in [0.3, 0.4) is 0 Å². The van der Waals surface area contributed by atoms with Crippen LogP contribution >= 0.6 is 0 Å². The summed E-state index contributed by atoms with van der Waals surface area (Å²) in [6.45, 7) is 9.20. The molecule has 2 aliphatic heterocycles. The molecule has 0 aliphatic carbocycles. The van der Waals surface area contributed by atoms with Crippen LogP contribution in [0.15, 0.2) is 12.3 Å². The standard InChI is InChI=1S/C17H27N5O3/c1-12(2)22-14(4-5-18-22)17(25)21-10-15(16(24)11-21)20-8-6-19(7-9-20)13(3)23/h4-5,12,15-16,24H,6-11H2,1-3H3/t15-,16-/m1/s1. The largest absolute Gasteiger partial charge is 0.390 e. The van der Waals surface area contributed by atoms with Gasteiger partial charge >= 0.3 is 0 Å². The number of nitrogens with zero attached hydrogens (tertiary/aromatic N) is 5. The Morgan fingerprint density at radius 2 is 1.84 bits per heavy atom. The fourth-order valence-electron chi connectivity index (χ4n) is 3.72. The Morgan fingerprint density at radius 1 is 1.16 bits per heavy atom. The van der Waals surface area contributed by atoms with Crippen molar-refractivity contribution in [3.05, 3.63) is 18.0 Å². The van der Waals surface area contributed by atoms with Crippen LogP contribution in [0.4, 0.5) is 0 Å². The molecule has 1 N–H and O–H groups in total. The molecular formula is C17H27N5O3. The summed E-state index contributed by atoms with van der Waals surface area (Å²) in [6, 6.07) is 1.76. The zero-order valence-corrected chi connectivity index (χ0v) is 15.1. The van der Waals surface area contributed by atoms with Crippen LogP contribution in [0, 0.1) is 0 Å². The van der Waals surface area contributed by atoms with Crippen molar-refractivity contribution in [1.29, 1.82) is 0 Å². The van der Waals surface area contributed by atoms with Gasteiger partial charge in [0.25, 0.3) is 5.91 Å². The van der Waals surface area contributed by atoms with Crippen molar-refractivity contribution < 1.29 is 14.7 Å². The Kier molecular flexibility index (Phi) is 5.10. The number of aromatic nitrogens is 2. The van der Waals surface area contributed by atoms with E-state index in [-0.39, 0.29) is 23.9 Å². The van der Waals surface area contributed by atoms with Crippen LogP contribution in [0.1, 0.15) is 37.3 Å². The van der Waals surface area contributed by atoms with E-state index in [4.69, 9.17) is 0 Å². The SMILES string of the molecule is CC(=O)N1CCN([C@@H]2CN(C(=O)c3ccnn3C(C)C)C[C@H]2O)CC1. The smallest absolute Gasteiger partial charge is 0.272 e. The predicted octanol–water partition coefficient (Wildman–Crippen LogP) is -0.187. The minimum atomic E-state index is -0.566. The molecule has 2 atom stereocenters. The predicted molar refractivity (Wildman–Crippen MR) is 92.1 cm³/mol. The summed E-state index contributed by atoms with van der Waals surface area (Å²) in [6.07, 6.45) is 1.07. The summed E-state index contributed by atoms with van der Waals surface area (Å²) in [4.78, 5) is 30.0. The van der Waals surface area contributed by atoms with Crippen LogP contribution in [-0.4, -0.2) is 92.8 Å². The Morgan fingerprint density at radius 3 is 2.44 bits per heavy atom. The van der Waals surface area contributed by atoms with E-state index in [2.05, 4.69) is 10.00 Å². The Labute approximate surface area is 148 Å². The summed E-state index contributed by atoms with van der Waals surface area (Å²) in [7, 11) is 0. The molecule has 2 fully saturated rings. The van der Waals surface area contributed by atoms with Crippen molar-refractivity contribution in [3.8, 4) is 0 Å². The van der Waals surface area contributed by atoms with Gasteiger partial charge in [0.15, 0.2) is 0 Å². The third-order valence-corrected chi connectivity index (χ3v) is 5.15. The van der Waals surface area contributed by atoms with E-state index < -0.39 is 6.10 Å². The number of aliphatic hydroxyl groups excluding tert-OH is 1. The second-order valence-corrected chi connectivity index (χ2v) is 7.14. The molecule has 0 unspecified atom stereocenters. The first-order chi connectivity index (χ1) is 11.9. The van der Waals surface area contributed by atoms with Crippen molar-refractivity contribution in [2.24, 2.45) is 0 Å². The third kappa shape index (κ3) is 3.55. The number of hydrogen-bond acceptors (Lipinski definition) is 5. The molecule has 8 heteroatoms.